The molecule has 1 heterocycles. The van der Waals surface area contributed by atoms with Gasteiger partial charge < -0.3 is 9.64 Å². The molecule has 1 aliphatic heterocycles. The molecule has 0 saturated carbocycles. The van der Waals surface area contributed by atoms with Crippen molar-refractivity contribution in [3.8, 4) is 5.75 Å². The fraction of sp³-hybridized carbons (Fsp3) is 0.250. The van der Waals surface area contributed by atoms with Crippen LogP contribution in [0.2, 0.25) is 5.02 Å². The molecule has 0 bridgehead atoms. The number of carbonyl (C=O) groups is 1. The minimum absolute atomic E-state index is 0.132. The van der Waals surface area contributed by atoms with Gasteiger partial charge in [-0.15, -0.1) is 0 Å². The Labute approximate surface area is 164 Å². The van der Waals surface area contributed by atoms with E-state index in [2.05, 4.69) is 0 Å². The summed E-state index contributed by atoms with van der Waals surface area (Å²) in [6.07, 6.45) is 1.55. The summed E-state index contributed by atoms with van der Waals surface area (Å²) in [5, 5.41) is 1.74. The number of nitrogens with zero attached hydrogens (tertiary/aromatic N) is 1. The standard InChI is InChI=1S/C20H20ClNO4S/c1-14-3-6-17(11-15(14)2)22(18-9-10-27(24,25)13-18)20(23)12-26-19-7-4-16(21)5-8-19/h3-11,18H,12-13H2,1-2H3. The van der Waals surface area contributed by atoms with Crippen LogP contribution in [0.1, 0.15) is 11.1 Å². The van der Waals surface area contributed by atoms with E-state index in [0.29, 0.717) is 16.5 Å². The summed E-state index contributed by atoms with van der Waals surface area (Å²) in [5.74, 6) is 0.0643. The largest absolute Gasteiger partial charge is 0.484 e. The normalized spacial score (nSPS) is 17.7. The van der Waals surface area contributed by atoms with Crippen LogP contribution in [-0.4, -0.2) is 32.7 Å². The van der Waals surface area contributed by atoms with Crippen molar-refractivity contribution in [3.63, 3.8) is 0 Å². The lowest BCUT2D eigenvalue weighted by molar-refractivity contribution is -0.120. The van der Waals surface area contributed by atoms with Gasteiger partial charge in [-0.3, -0.25) is 4.79 Å². The van der Waals surface area contributed by atoms with Crippen LogP contribution in [0.15, 0.2) is 53.9 Å². The average molecular weight is 406 g/mol. The van der Waals surface area contributed by atoms with Gasteiger partial charge in [0.25, 0.3) is 5.91 Å². The number of hydrogen-bond donors (Lipinski definition) is 0. The van der Waals surface area contributed by atoms with Gasteiger partial charge in [-0.05, 0) is 67.4 Å². The van der Waals surface area contributed by atoms with Crippen LogP contribution >= 0.6 is 11.6 Å². The average Bonchev–Trinajstić information content (AvgIpc) is 2.97. The maximum Gasteiger partial charge on any atom is 0.265 e. The predicted molar refractivity (Wildman–Crippen MR) is 107 cm³/mol. The number of carbonyl (C=O) groups excluding carboxylic acids is 1. The Kier molecular flexibility index (Phi) is 5.58. The second-order valence-corrected chi connectivity index (χ2v) is 8.87. The molecule has 0 aromatic heterocycles. The van der Waals surface area contributed by atoms with E-state index >= 15 is 0 Å². The zero-order valence-electron chi connectivity index (χ0n) is 15.1. The topological polar surface area (TPSA) is 63.7 Å². The summed E-state index contributed by atoms with van der Waals surface area (Å²) in [6, 6.07) is 11.8. The highest BCUT2D eigenvalue weighted by atomic mass is 35.5. The first-order chi connectivity index (χ1) is 12.7. The fourth-order valence-electron chi connectivity index (χ4n) is 2.86. The predicted octanol–water partition coefficient (Wildman–Crippen LogP) is 3.68. The van der Waals surface area contributed by atoms with E-state index in [9.17, 15) is 13.2 Å². The van der Waals surface area contributed by atoms with Crippen molar-refractivity contribution in [2.24, 2.45) is 0 Å². The minimum atomic E-state index is -3.30. The van der Waals surface area contributed by atoms with Crippen molar-refractivity contribution < 1.29 is 17.9 Å². The summed E-state index contributed by atoms with van der Waals surface area (Å²) in [5.41, 5.74) is 2.77. The number of amides is 1. The number of halogens is 1. The molecule has 7 heteroatoms. The lowest BCUT2D eigenvalue weighted by atomic mass is 10.1. The van der Waals surface area contributed by atoms with E-state index in [1.807, 2.05) is 32.0 Å². The first-order valence-electron chi connectivity index (χ1n) is 8.44. The highest BCUT2D eigenvalue weighted by molar-refractivity contribution is 7.94. The van der Waals surface area contributed by atoms with E-state index in [4.69, 9.17) is 16.3 Å². The van der Waals surface area contributed by atoms with Crippen molar-refractivity contribution in [2.45, 2.75) is 19.9 Å². The molecule has 3 rings (SSSR count). The van der Waals surface area contributed by atoms with Crippen molar-refractivity contribution in [3.05, 3.63) is 70.1 Å². The monoisotopic (exact) mass is 405 g/mol. The molecule has 0 aliphatic carbocycles. The number of aryl methyl sites for hydroxylation is 2. The Morgan fingerprint density at radius 2 is 1.85 bits per heavy atom. The highest BCUT2D eigenvalue weighted by Crippen LogP contribution is 2.25. The quantitative estimate of drug-likeness (QED) is 0.761. The summed E-state index contributed by atoms with van der Waals surface area (Å²) in [7, 11) is -3.30. The van der Waals surface area contributed by atoms with E-state index < -0.39 is 15.9 Å². The van der Waals surface area contributed by atoms with Gasteiger partial charge in [0.05, 0.1) is 11.8 Å². The molecule has 5 nitrogen and oxygen atoms in total. The number of anilines is 1. The number of rotatable bonds is 5. The van der Waals surface area contributed by atoms with Crippen molar-refractivity contribution in [1.82, 2.24) is 0 Å². The summed E-state index contributed by atoms with van der Waals surface area (Å²) in [6.45, 7) is 3.72. The van der Waals surface area contributed by atoms with Gasteiger partial charge in [0, 0.05) is 16.1 Å². The van der Waals surface area contributed by atoms with Gasteiger partial charge in [-0.1, -0.05) is 17.7 Å². The zero-order valence-corrected chi connectivity index (χ0v) is 16.6. The smallest absolute Gasteiger partial charge is 0.265 e. The third kappa shape index (κ3) is 4.70. The molecule has 1 aliphatic rings. The van der Waals surface area contributed by atoms with Crippen molar-refractivity contribution in [2.75, 3.05) is 17.3 Å². The number of hydrogen-bond acceptors (Lipinski definition) is 4. The molecule has 2 aromatic rings. The molecule has 0 N–H and O–H groups in total. The molecule has 0 saturated heterocycles. The summed E-state index contributed by atoms with van der Waals surface area (Å²) >= 11 is 5.85. The molecule has 1 amide bonds. The molecule has 0 radical (unpaired) electrons. The van der Waals surface area contributed by atoms with Gasteiger partial charge in [0.15, 0.2) is 16.4 Å². The van der Waals surface area contributed by atoms with E-state index in [-0.39, 0.29) is 18.3 Å². The van der Waals surface area contributed by atoms with E-state index in [0.717, 1.165) is 11.1 Å². The van der Waals surface area contributed by atoms with E-state index in [1.165, 1.54) is 10.3 Å². The molecule has 142 valence electrons. The Balaban J connectivity index is 1.84. The maximum absolute atomic E-state index is 12.9. The highest BCUT2D eigenvalue weighted by Gasteiger charge is 2.31. The van der Waals surface area contributed by atoms with Crippen LogP contribution in [0.3, 0.4) is 0 Å². The van der Waals surface area contributed by atoms with Gasteiger partial charge in [0.2, 0.25) is 0 Å². The van der Waals surface area contributed by atoms with Gasteiger partial charge in [0.1, 0.15) is 5.75 Å². The van der Waals surface area contributed by atoms with Gasteiger partial charge in [-0.2, -0.15) is 0 Å². The zero-order chi connectivity index (χ0) is 19.6. The number of ether oxygens (including phenoxy) is 1. The molecular formula is C20H20ClNO4S. The Morgan fingerprint density at radius 3 is 2.44 bits per heavy atom. The molecule has 27 heavy (non-hydrogen) atoms. The molecule has 0 fully saturated rings. The minimum Gasteiger partial charge on any atom is -0.484 e. The Bertz CT molecular complexity index is 984. The third-order valence-electron chi connectivity index (χ3n) is 4.46. The van der Waals surface area contributed by atoms with Crippen LogP contribution < -0.4 is 9.64 Å². The van der Waals surface area contributed by atoms with Gasteiger partial charge >= 0.3 is 0 Å². The molecule has 1 unspecified atom stereocenters. The lowest BCUT2D eigenvalue weighted by Crippen LogP contribution is -2.43. The van der Waals surface area contributed by atoms with Crippen LogP contribution in [0.4, 0.5) is 5.69 Å². The van der Waals surface area contributed by atoms with Crippen LogP contribution in [-0.2, 0) is 14.6 Å². The van der Waals surface area contributed by atoms with Crippen LogP contribution in [0.5, 0.6) is 5.75 Å². The second-order valence-electron chi connectivity index (χ2n) is 6.50. The molecule has 0 spiro atoms. The van der Waals surface area contributed by atoms with Crippen molar-refractivity contribution in [1.29, 1.82) is 0 Å². The Morgan fingerprint density at radius 1 is 1.15 bits per heavy atom. The van der Waals surface area contributed by atoms with Crippen LogP contribution in [0.25, 0.3) is 0 Å². The Hall–Kier alpha value is -2.31. The van der Waals surface area contributed by atoms with Gasteiger partial charge in [-0.25, -0.2) is 8.42 Å². The third-order valence-corrected chi connectivity index (χ3v) is 6.09. The van der Waals surface area contributed by atoms with Crippen molar-refractivity contribution >= 4 is 33.0 Å². The maximum atomic E-state index is 12.9. The number of benzene rings is 2. The molecular weight excluding hydrogens is 386 g/mol. The molecule has 2 aromatic carbocycles. The SMILES string of the molecule is Cc1ccc(N(C(=O)COc2ccc(Cl)cc2)C2C=CS(=O)(=O)C2)cc1C. The first-order valence-corrected chi connectivity index (χ1v) is 10.5. The second kappa shape index (κ2) is 7.74. The molecule has 1 atom stereocenters. The number of sulfone groups is 1. The fourth-order valence-corrected chi connectivity index (χ4v) is 4.26. The van der Waals surface area contributed by atoms with Crippen LogP contribution in [0, 0.1) is 13.8 Å². The lowest BCUT2D eigenvalue weighted by Gasteiger charge is -2.28. The first kappa shape index (κ1) is 19.5. The summed E-state index contributed by atoms with van der Waals surface area (Å²) < 4.78 is 29.3. The van der Waals surface area contributed by atoms with E-state index in [1.54, 1.807) is 30.3 Å². The summed E-state index contributed by atoms with van der Waals surface area (Å²) in [4.78, 5) is 14.4.